The van der Waals surface area contributed by atoms with Crippen molar-refractivity contribution in [1.29, 1.82) is 0 Å². The SMILES string of the molecule is O=C(Nc1ccc(OC(F)(F)F)cc1)C1CN(S(=O)(=O)Cc2ccccc2)c2ccccc2O1. The molecule has 1 aliphatic rings. The average Bonchev–Trinajstić information content (AvgIpc) is 2.79. The number of benzene rings is 3. The Bertz CT molecular complexity index is 1270. The third-order valence-electron chi connectivity index (χ3n) is 4.91. The molecule has 3 aromatic rings. The van der Waals surface area contributed by atoms with Crippen molar-refractivity contribution in [2.75, 3.05) is 16.2 Å². The lowest BCUT2D eigenvalue weighted by atomic mass is 10.2. The molecule has 0 fully saturated rings. The van der Waals surface area contributed by atoms with Crippen molar-refractivity contribution < 1.29 is 35.9 Å². The summed E-state index contributed by atoms with van der Waals surface area (Å²) >= 11 is 0. The normalized spacial score (nSPS) is 15.7. The maximum Gasteiger partial charge on any atom is 0.573 e. The zero-order valence-electron chi connectivity index (χ0n) is 17.5. The van der Waals surface area contributed by atoms with Gasteiger partial charge in [-0.25, -0.2) is 8.42 Å². The van der Waals surface area contributed by atoms with E-state index in [1.165, 1.54) is 12.1 Å². The van der Waals surface area contributed by atoms with Crippen LogP contribution in [0.2, 0.25) is 0 Å². The Kier molecular flexibility index (Phi) is 6.38. The van der Waals surface area contributed by atoms with Gasteiger partial charge in [-0.2, -0.15) is 0 Å². The van der Waals surface area contributed by atoms with Crippen LogP contribution >= 0.6 is 0 Å². The third-order valence-corrected chi connectivity index (χ3v) is 6.63. The summed E-state index contributed by atoms with van der Waals surface area (Å²) in [6.45, 7) is -0.271. The van der Waals surface area contributed by atoms with E-state index in [1.807, 2.05) is 0 Å². The number of sulfonamides is 1. The fraction of sp³-hybridized carbons (Fsp3) is 0.174. The highest BCUT2D eigenvalue weighted by Crippen LogP contribution is 2.36. The number of hydrogen-bond acceptors (Lipinski definition) is 5. The van der Waals surface area contributed by atoms with Crippen LogP contribution in [0.25, 0.3) is 0 Å². The quantitative estimate of drug-likeness (QED) is 0.554. The van der Waals surface area contributed by atoms with Gasteiger partial charge in [-0.1, -0.05) is 42.5 Å². The van der Waals surface area contributed by atoms with Gasteiger partial charge in [-0.3, -0.25) is 9.10 Å². The third kappa shape index (κ3) is 5.60. The van der Waals surface area contributed by atoms with Crippen molar-refractivity contribution in [2.45, 2.75) is 18.2 Å². The molecule has 4 rings (SSSR count). The topological polar surface area (TPSA) is 84.9 Å². The first-order valence-corrected chi connectivity index (χ1v) is 11.7. The number of nitrogens with one attached hydrogen (secondary N) is 1. The molecule has 1 aliphatic heterocycles. The molecule has 7 nitrogen and oxygen atoms in total. The monoisotopic (exact) mass is 492 g/mol. The first-order chi connectivity index (χ1) is 16.1. The molecule has 0 aromatic heterocycles. The molecule has 1 N–H and O–H groups in total. The molecule has 3 aromatic carbocycles. The van der Waals surface area contributed by atoms with Crippen molar-refractivity contribution in [3.8, 4) is 11.5 Å². The van der Waals surface area contributed by atoms with Crippen LogP contribution in [0.5, 0.6) is 11.5 Å². The van der Waals surface area contributed by atoms with E-state index >= 15 is 0 Å². The molecular weight excluding hydrogens is 473 g/mol. The van der Waals surface area contributed by atoms with Crippen molar-refractivity contribution in [3.05, 3.63) is 84.4 Å². The molecule has 1 heterocycles. The fourth-order valence-electron chi connectivity index (χ4n) is 3.43. The number of alkyl halides is 3. The zero-order valence-corrected chi connectivity index (χ0v) is 18.3. The van der Waals surface area contributed by atoms with Crippen LogP contribution in [-0.2, 0) is 20.6 Å². The summed E-state index contributed by atoms with van der Waals surface area (Å²) in [5.74, 6) is -1.14. The Morgan fingerprint density at radius 3 is 2.32 bits per heavy atom. The summed E-state index contributed by atoms with van der Waals surface area (Å²) < 4.78 is 74.1. The van der Waals surface area contributed by atoms with E-state index in [4.69, 9.17) is 4.74 Å². The van der Waals surface area contributed by atoms with E-state index in [9.17, 15) is 26.4 Å². The van der Waals surface area contributed by atoms with Crippen molar-refractivity contribution >= 4 is 27.3 Å². The van der Waals surface area contributed by atoms with Crippen LogP contribution in [0.15, 0.2) is 78.9 Å². The summed E-state index contributed by atoms with van der Waals surface area (Å²) in [6, 6.07) is 19.7. The molecule has 0 saturated heterocycles. The summed E-state index contributed by atoms with van der Waals surface area (Å²) in [5, 5.41) is 2.53. The minimum absolute atomic E-state index is 0.195. The number of nitrogens with zero attached hydrogens (tertiary/aromatic N) is 1. The van der Waals surface area contributed by atoms with E-state index in [2.05, 4.69) is 10.1 Å². The molecule has 0 radical (unpaired) electrons. The lowest BCUT2D eigenvalue weighted by molar-refractivity contribution is -0.274. The molecule has 178 valence electrons. The molecule has 0 aliphatic carbocycles. The van der Waals surface area contributed by atoms with Gasteiger partial charge in [0.1, 0.15) is 11.5 Å². The zero-order chi connectivity index (χ0) is 24.3. The van der Waals surface area contributed by atoms with Gasteiger partial charge in [0.25, 0.3) is 5.91 Å². The second kappa shape index (κ2) is 9.26. The number of para-hydroxylation sites is 2. The molecule has 1 amide bonds. The van der Waals surface area contributed by atoms with Crippen molar-refractivity contribution in [3.63, 3.8) is 0 Å². The molecule has 34 heavy (non-hydrogen) atoms. The average molecular weight is 492 g/mol. The number of carbonyl (C=O) groups is 1. The summed E-state index contributed by atoms with van der Waals surface area (Å²) in [4.78, 5) is 12.9. The lowest BCUT2D eigenvalue weighted by Gasteiger charge is -2.34. The van der Waals surface area contributed by atoms with E-state index < -0.39 is 34.1 Å². The minimum atomic E-state index is -4.83. The predicted octanol–water partition coefficient (Wildman–Crippen LogP) is 4.32. The highest BCUT2D eigenvalue weighted by molar-refractivity contribution is 7.92. The molecule has 0 saturated carbocycles. The van der Waals surface area contributed by atoms with Gasteiger partial charge in [0.15, 0.2) is 6.10 Å². The summed E-state index contributed by atoms with van der Waals surface area (Å²) in [6.07, 6.45) is -6.02. The van der Waals surface area contributed by atoms with E-state index in [1.54, 1.807) is 54.6 Å². The number of hydrogen-bond donors (Lipinski definition) is 1. The number of anilines is 2. The minimum Gasteiger partial charge on any atom is -0.476 e. The van der Waals surface area contributed by atoms with Crippen LogP contribution in [0, 0.1) is 0 Å². The van der Waals surface area contributed by atoms with E-state index in [0.29, 0.717) is 11.3 Å². The molecule has 0 spiro atoms. The Morgan fingerprint density at radius 2 is 1.65 bits per heavy atom. The van der Waals surface area contributed by atoms with Crippen LogP contribution < -0.4 is 19.1 Å². The molecule has 1 unspecified atom stereocenters. The Morgan fingerprint density at radius 1 is 1.00 bits per heavy atom. The predicted molar refractivity (Wildman–Crippen MR) is 119 cm³/mol. The number of rotatable bonds is 6. The Balaban J connectivity index is 1.53. The Hall–Kier alpha value is -3.73. The van der Waals surface area contributed by atoms with Crippen LogP contribution in [-0.4, -0.2) is 33.3 Å². The molecular formula is C23H19F3N2O5S. The van der Waals surface area contributed by atoms with Crippen LogP contribution in [0.4, 0.5) is 24.5 Å². The Labute approximate surface area is 193 Å². The van der Waals surface area contributed by atoms with Crippen molar-refractivity contribution in [1.82, 2.24) is 0 Å². The van der Waals surface area contributed by atoms with E-state index in [-0.39, 0.29) is 23.7 Å². The van der Waals surface area contributed by atoms with Gasteiger partial charge in [0, 0.05) is 5.69 Å². The van der Waals surface area contributed by atoms with E-state index in [0.717, 1.165) is 16.4 Å². The number of carbonyl (C=O) groups excluding carboxylic acids is 1. The molecule has 11 heteroatoms. The standard InChI is InChI=1S/C23H19F3N2O5S/c24-23(25,26)33-18-12-10-17(11-13-18)27-22(29)21-14-28(19-8-4-5-9-20(19)32-21)34(30,31)15-16-6-2-1-3-7-16/h1-13,21H,14-15H2,(H,27,29). The highest BCUT2D eigenvalue weighted by Gasteiger charge is 2.37. The first kappa shape index (κ1) is 23.4. The van der Waals surface area contributed by atoms with Gasteiger partial charge in [0.05, 0.1) is 18.0 Å². The lowest BCUT2D eigenvalue weighted by Crippen LogP contribution is -2.49. The number of amides is 1. The highest BCUT2D eigenvalue weighted by atomic mass is 32.2. The van der Waals surface area contributed by atoms with Gasteiger partial charge < -0.3 is 14.8 Å². The summed E-state index contributed by atoms with van der Waals surface area (Å²) in [5.41, 5.74) is 1.10. The second-order valence-electron chi connectivity index (χ2n) is 7.41. The largest absolute Gasteiger partial charge is 0.573 e. The van der Waals surface area contributed by atoms with Crippen LogP contribution in [0.1, 0.15) is 5.56 Å². The van der Waals surface area contributed by atoms with Gasteiger partial charge >= 0.3 is 6.36 Å². The number of halogens is 3. The van der Waals surface area contributed by atoms with Gasteiger partial charge in [-0.05, 0) is 42.0 Å². The maximum absolute atomic E-state index is 13.2. The number of ether oxygens (including phenoxy) is 2. The van der Waals surface area contributed by atoms with Crippen molar-refractivity contribution in [2.24, 2.45) is 0 Å². The first-order valence-electron chi connectivity index (χ1n) is 10.1. The smallest absolute Gasteiger partial charge is 0.476 e. The molecule has 1 atom stereocenters. The fourth-order valence-corrected chi connectivity index (χ4v) is 5.01. The van der Waals surface area contributed by atoms with Crippen LogP contribution in [0.3, 0.4) is 0 Å². The second-order valence-corrected chi connectivity index (χ2v) is 9.30. The maximum atomic E-state index is 13.2. The molecule has 0 bridgehead atoms. The van der Waals surface area contributed by atoms with Gasteiger partial charge in [-0.15, -0.1) is 13.2 Å². The summed E-state index contributed by atoms with van der Waals surface area (Å²) in [7, 11) is -3.86. The van der Waals surface area contributed by atoms with Gasteiger partial charge in [0.2, 0.25) is 10.0 Å². The number of fused-ring (bicyclic) bond motifs is 1.